The number of methoxy groups -OCH3 is 2. The van der Waals surface area contributed by atoms with Gasteiger partial charge in [0.1, 0.15) is 12.4 Å². The van der Waals surface area contributed by atoms with E-state index < -0.39 is 0 Å². The lowest BCUT2D eigenvalue weighted by molar-refractivity contribution is 0.0698. The Morgan fingerprint density at radius 3 is 2.32 bits per heavy atom. The van der Waals surface area contributed by atoms with Crippen molar-refractivity contribution in [2.75, 3.05) is 60.8 Å². The van der Waals surface area contributed by atoms with Crippen LogP contribution >= 0.6 is 0 Å². The van der Waals surface area contributed by atoms with E-state index in [4.69, 9.17) is 18.9 Å². The van der Waals surface area contributed by atoms with E-state index >= 15 is 0 Å². The minimum absolute atomic E-state index is 0.555. The SMILES string of the molecule is CN=C(NCCCOCCOC)NCc1ccc(OCCOC)cc1. The highest BCUT2D eigenvalue weighted by molar-refractivity contribution is 5.79. The molecule has 0 spiro atoms. The lowest BCUT2D eigenvalue weighted by atomic mass is 10.2. The second-order valence-corrected chi connectivity index (χ2v) is 5.30. The molecule has 2 N–H and O–H groups in total. The number of aliphatic imine (C=N–C) groups is 1. The van der Waals surface area contributed by atoms with Crippen LogP contribution in [0.25, 0.3) is 0 Å². The van der Waals surface area contributed by atoms with Crippen molar-refractivity contribution in [2.45, 2.75) is 13.0 Å². The maximum Gasteiger partial charge on any atom is 0.191 e. The van der Waals surface area contributed by atoms with Gasteiger partial charge in [-0.05, 0) is 24.1 Å². The van der Waals surface area contributed by atoms with Crippen LogP contribution in [-0.4, -0.2) is 66.8 Å². The Morgan fingerprint density at radius 1 is 0.920 bits per heavy atom. The molecule has 0 unspecified atom stereocenters. The summed E-state index contributed by atoms with van der Waals surface area (Å²) < 4.78 is 20.9. The highest BCUT2D eigenvalue weighted by Gasteiger charge is 1.99. The normalized spacial score (nSPS) is 11.4. The van der Waals surface area contributed by atoms with Crippen LogP contribution in [0.1, 0.15) is 12.0 Å². The molecule has 0 bridgehead atoms. The number of benzene rings is 1. The smallest absolute Gasteiger partial charge is 0.191 e. The third-order valence-electron chi connectivity index (χ3n) is 3.35. The molecule has 0 amide bonds. The lowest BCUT2D eigenvalue weighted by Gasteiger charge is -2.12. The van der Waals surface area contributed by atoms with E-state index in [1.165, 1.54) is 0 Å². The Kier molecular flexibility index (Phi) is 12.3. The molecule has 0 radical (unpaired) electrons. The molecule has 0 aliphatic heterocycles. The van der Waals surface area contributed by atoms with Crippen molar-refractivity contribution in [3.8, 4) is 5.75 Å². The fourth-order valence-electron chi connectivity index (χ4n) is 1.98. The van der Waals surface area contributed by atoms with Crippen molar-refractivity contribution >= 4 is 5.96 Å². The van der Waals surface area contributed by atoms with E-state index in [1.54, 1.807) is 21.3 Å². The number of hydrogen-bond donors (Lipinski definition) is 2. The minimum Gasteiger partial charge on any atom is -0.491 e. The number of nitrogens with zero attached hydrogens (tertiary/aromatic N) is 1. The quantitative estimate of drug-likeness (QED) is 0.318. The van der Waals surface area contributed by atoms with Gasteiger partial charge in [0.05, 0.1) is 19.8 Å². The summed E-state index contributed by atoms with van der Waals surface area (Å²) >= 11 is 0. The predicted molar refractivity (Wildman–Crippen MR) is 99.3 cm³/mol. The summed E-state index contributed by atoms with van der Waals surface area (Å²) in [5, 5.41) is 6.55. The van der Waals surface area contributed by atoms with Gasteiger partial charge >= 0.3 is 0 Å². The molecule has 0 saturated carbocycles. The third-order valence-corrected chi connectivity index (χ3v) is 3.35. The van der Waals surface area contributed by atoms with E-state index in [-0.39, 0.29) is 0 Å². The largest absolute Gasteiger partial charge is 0.491 e. The van der Waals surface area contributed by atoms with Crippen molar-refractivity contribution < 1.29 is 18.9 Å². The van der Waals surface area contributed by atoms with Crippen molar-refractivity contribution in [1.82, 2.24) is 10.6 Å². The maximum atomic E-state index is 5.55. The number of rotatable bonds is 13. The minimum atomic E-state index is 0.555. The Morgan fingerprint density at radius 2 is 1.64 bits per heavy atom. The van der Waals surface area contributed by atoms with Gasteiger partial charge in [-0.2, -0.15) is 0 Å². The molecule has 0 aromatic heterocycles. The number of nitrogens with one attached hydrogen (secondary N) is 2. The van der Waals surface area contributed by atoms with Crippen LogP contribution in [0.5, 0.6) is 5.75 Å². The van der Waals surface area contributed by atoms with Crippen LogP contribution in [0.2, 0.25) is 0 Å². The maximum absolute atomic E-state index is 5.55. The zero-order valence-corrected chi connectivity index (χ0v) is 15.5. The van der Waals surface area contributed by atoms with Gasteiger partial charge in [-0.25, -0.2) is 0 Å². The summed E-state index contributed by atoms with van der Waals surface area (Å²) in [6, 6.07) is 7.98. The van der Waals surface area contributed by atoms with E-state index in [0.29, 0.717) is 39.6 Å². The Balaban J connectivity index is 2.19. The van der Waals surface area contributed by atoms with Crippen LogP contribution in [0.15, 0.2) is 29.3 Å². The van der Waals surface area contributed by atoms with Crippen molar-refractivity contribution in [1.29, 1.82) is 0 Å². The average Bonchev–Trinajstić information content (AvgIpc) is 2.64. The second kappa shape index (κ2) is 14.5. The molecule has 7 nitrogen and oxygen atoms in total. The second-order valence-electron chi connectivity index (χ2n) is 5.30. The first kappa shape index (κ1) is 21.2. The van der Waals surface area contributed by atoms with Gasteiger partial charge in [0.2, 0.25) is 0 Å². The first-order valence-electron chi connectivity index (χ1n) is 8.52. The Labute approximate surface area is 150 Å². The molecule has 0 heterocycles. The van der Waals surface area contributed by atoms with Gasteiger partial charge < -0.3 is 29.6 Å². The van der Waals surface area contributed by atoms with Crippen molar-refractivity contribution in [3.63, 3.8) is 0 Å². The van der Waals surface area contributed by atoms with Gasteiger partial charge in [-0.1, -0.05) is 12.1 Å². The molecule has 142 valence electrons. The highest BCUT2D eigenvalue weighted by atomic mass is 16.5. The zero-order chi connectivity index (χ0) is 18.2. The Hall–Kier alpha value is -1.83. The Bertz CT molecular complexity index is 466. The van der Waals surface area contributed by atoms with Gasteiger partial charge in [0.25, 0.3) is 0 Å². The summed E-state index contributed by atoms with van der Waals surface area (Å²) in [5.41, 5.74) is 1.16. The van der Waals surface area contributed by atoms with Crippen LogP contribution in [0.4, 0.5) is 0 Å². The van der Waals surface area contributed by atoms with Crippen LogP contribution in [0.3, 0.4) is 0 Å². The van der Waals surface area contributed by atoms with E-state index in [0.717, 1.165) is 30.2 Å². The molecule has 0 atom stereocenters. The summed E-state index contributed by atoms with van der Waals surface area (Å²) in [4.78, 5) is 4.21. The highest BCUT2D eigenvalue weighted by Crippen LogP contribution is 2.11. The molecule has 1 rings (SSSR count). The van der Waals surface area contributed by atoms with Crippen LogP contribution in [-0.2, 0) is 20.8 Å². The fraction of sp³-hybridized carbons (Fsp3) is 0.611. The van der Waals surface area contributed by atoms with E-state index in [2.05, 4.69) is 15.6 Å². The van der Waals surface area contributed by atoms with Gasteiger partial charge in [-0.3, -0.25) is 4.99 Å². The van der Waals surface area contributed by atoms with Gasteiger partial charge in [-0.15, -0.1) is 0 Å². The predicted octanol–water partition coefficient (Wildman–Crippen LogP) is 1.43. The molecule has 0 saturated heterocycles. The summed E-state index contributed by atoms with van der Waals surface area (Å²) in [6.07, 6.45) is 0.915. The number of guanidine groups is 1. The van der Waals surface area contributed by atoms with Crippen LogP contribution in [0, 0.1) is 0 Å². The topological polar surface area (TPSA) is 73.3 Å². The molecule has 1 aromatic carbocycles. The van der Waals surface area contributed by atoms with Crippen molar-refractivity contribution in [3.05, 3.63) is 29.8 Å². The van der Waals surface area contributed by atoms with Crippen molar-refractivity contribution in [2.24, 2.45) is 4.99 Å². The zero-order valence-electron chi connectivity index (χ0n) is 15.5. The lowest BCUT2D eigenvalue weighted by Crippen LogP contribution is -2.37. The molecule has 1 aromatic rings. The summed E-state index contributed by atoms with van der Waals surface area (Å²) in [5.74, 6) is 1.62. The molecular formula is C18H31N3O4. The average molecular weight is 353 g/mol. The standard InChI is InChI=1S/C18H31N3O4/c1-19-18(20-9-4-10-24-13-11-22-2)21-15-16-5-7-17(8-6-16)25-14-12-23-3/h5-8H,4,9-15H2,1-3H3,(H2,19,20,21). The molecule has 0 fully saturated rings. The van der Waals surface area contributed by atoms with E-state index in [1.807, 2.05) is 24.3 Å². The first-order chi connectivity index (χ1) is 12.3. The van der Waals surface area contributed by atoms with Crippen LogP contribution < -0.4 is 15.4 Å². The first-order valence-corrected chi connectivity index (χ1v) is 8.52. The monoisotopic (exact) mass is 353 g/mol. The molecular weight excluding hydrogens is 322 g/mol. The van der Waals surface area contributed by atoms with E-state index in [9.17, 15) is 0 Å². The number of hydrogen-bond acceptors (Lipinski definition) is 5. The molecule has 0 aliphatic carbocycles. The summed E-state index contributed by atoms with van der Waals surface area (Å²) in [7, 11) is 5.09. The number of ether oxygens (including phenoxy) is 4. The fourth-order valence-corrected chi connectivity index (χ4v) is 1.98. The van der Waals surface area contributed by atoms with Gasteiger partial charge in [0, 0.05) is 41.0 Å². The summed E-state index contributed by atoms with van der Waals surface area (Å²) in [6.45, 7) is 4.61. The third kappa shape index (κ3) is 10.6. The van der Waals surface area contributed by atoms with Gasteiger partial charge in [0.15, 0.2) is 5.96 Å². The molecule has 0 aliphatic rings. The molecule has 25 heavy (non-hydrogen) atoms. The molecule has 7 heteroatoms.